The van der Waals surface area contributed by atoms with Gasteiger partial charge in [-0.1, -0.05) is 12.1 Å². The number of piperidine rings is 1. The van der Waals surface area contributed by atoms with Gasteiger partial charge in [-0.15, -0.1) is 0 Å². The van der Waals surface area contributed by atoms with Gasteiger partial charge in [0.2, 0.25) is 5.91 Å². The van der Waals surface area contributed by atoms with Crippen LogP contribution in [-0.2, 0) is 0 Å². The van der Waals surface area contributed by atoms with Gasteiger partial charge in [0, 0.05) is 29.9 Å². The molecule has 1 unspecified atom stereocenters. The van der Waals surface area contributed by atoms with Crippen LogP contribution in [0.4, 0.5) is 5.82 Å². The molecule has 0 saturated carbocycles. The molecule has 0 radical (unpaired) electrons. The minimum absolute atomic E-state index is 0.383. The van der Waals surface area contributed by atoms with E-state index in [0.29, 0.717) is 11.6 Å². The number of nitrogens with one attached hydrogen (secondary N) is 2. The Morgan fingerprint density at radius 2 is 2.28 bits per heavy atom. The van der Waals surface area contributed by atoms with E-state index in [1.165, 1.54) is 0 Å². The van der Waals surface area contributed by atoms with Gasteiger partial charge in [-0.25, -0.2) is 9.50 Å². The Labute approximate surface area is 145 Å². The van der Waals surface area contributed by atoms with Crippen molar-refractivity contribution in [2.24, 2.45) is 5.73 Å². The summed E-state index contributed by atoms with van der Waals surface area (Å²) in [6.45, 7) is 2.02. The van der Waals surface area contributed by atoms with Gasteiger partial charge in [-0.2, -0.15) is 5.10 Å². The smallest absolute Gasteiger partial charge is 0.248 e. The molecule has 3 heterocycles. The topological polar surface area (TPSA) is 97.3 Å². The molecular weight excluding hydrogens is 316 g/mol. The molecule has 25 heavy (non-hydrogen) atoms. The number of benzene rings is 1. The zero-order chi connectivity index (χ0) is 17.2. The van der Waals surface area contributed by atoms with Crippen LogP contribution >= 0.6 is 0 Å². The highest BCUT2D eigenvalue weighted by Gasteiger charge is 2.15. The maximum atomic E-state index is 11.4. The third-order valence-corrected chi connectivity index (χ3v) is 4.48. The molecule has 1 atom stereocenters. The maximum Gasteiger partial charge on any atom is 0.248 e. The summed E-state index contributed by atoms with van der Waals surface area (Å²) in [5.74, 6) is 0.382. The molecule has 7 nitrogen and oxygen atoms in total. The van der Waals surface area contributed by atoms with E-state index in [1.54, 1.807) is 22.8 Å². The van der Waals surface area contributed by atoms with Gasteiger partial charge in [0.25, 0.3) is 0 Å². The van der Waals surface area contributed by atoms with Gasteiger partial charge in [0.1, 0.15) is 5.82 Å². The predicted molar refractivity (Wildman–Crippen MR) is 96.5 cm³/mol. The summed E-state index contributed by atoms with van der Waals surface area (Å²) in [7, 11) is 0. The second-order valence-electron chi connectivity index (χ2n) is 6.27. The van der Waals surface area contributed by atoms with Crippen LogP contribution in [-0.4, -0.2) is 39.6 Å². The number of amides is 1. The van der Waals surface area contributed by atoms with E-state index in [-0.39, 0.29) is 0 Å². The van der Waals surface area contributed by atoms with Crippen molar-refractivity contribution in [1.29, 1.82) is 0 Å². The second kappa shape index (κ2) is 6.52. The molecule has 7 heteroatoms. The molecule has 2 aromatic heterocycles. The first kappa shape index (κ1) is 15.6. The number of hydrogen-bond donors (Lipinski definition) is 3. The van der Waals surface area contributed by atoms with Crippen molar-refractivity contribution < 1.29 is 4.79 Å². The average molecular weight is 336 g/mol. The summed E-state index contributed by atoms with van der Waals surface area (Å²) in [4.78, 5) is 16.2. The summed E-state index contributed by atoms with van der Waals surface area (Å²) in [5, 5.41) is 11.2. The number of carbonyl (C=O) groups is 1. The number of carbonyl (C=O) groups excluding carboxylic acids is 1. The molecular formula is C18H20N6O. The van der Waals surface area contributed by atoms with E-state index in [0.717, 1.165) is 48.5 Å². The van der Waals surface area contributed by atoms with Crippen LogP contribution in [0.25, 0.3) is 16.8 Å². The molecule has 1 amide bonds. The molecule has 0 bridgehead atoms. The van der Waals surface area contributed by atoms with E-state index in [4.69, 9.17) is 10.7 Å². The van der Waals surface area contributed by atoms with Crippen LogP contribution < -0.4 is 16.4 Å². The van der Waals surface area contributed by atoms with Crippen LogP contribution in [0.5, 0.6) is 0 Å². The first-order valence-electron chi connectivity index (χ1n) is 8.42. The highest BCUT2D eigenvalue weighted by molar-refractivity contribution is 5.94. The Morgan fingerprint density at radius 3 is 3.08 bits per heavy atom. The first-order valence-corrected chi connectivity index (χ1v) is 8.42. The van der Waals surface area contributed by atoms with Crippen molar-refractivity contribution in [3.05, 3.63) is 48.3 Å². The fourth-order valence-corrected chi connectivity index (χ4v) is 3.18. The normalized spacial score (nSPS) is 17.5. The number of primary amides is 1. The number of aromatic nitrogens is 3. The van der Waals surface area contributed by atoms with Crippen molar-refractivity contribution in [2.45, 2.75) is 18.9 Å². The lowest BCUT2D eigenvalue weighted by Crippen LogP contribution is -2.38. The van der Waals surface area contributed by atoms with Crippen LogP contribution in [0.3, 0.4) is 0 Å². The van der Waals surface area contributed by atoms with Gasteiger partial charge in [0.05, 0.1) is 6.20 Å². The quantitative estimate of drug-likeness (QED) is 0.673. The van der Waals surface area contributed by atoms with Crippen molar-refractivity contribution >= 4 is 17.4 Å². The fourth-order valence-electron chi connectivity index (χ4n) is 3.18. The lowest BCUT2D eigenvalue weighted by Gasteiger charge is -2.24. The Kier molecular flexibility index (Phi) is 4.07. The maximum absolute atomic E-state index is 11.4. The van der Waals surface area contributed by atoms with Crippen LogP contribution in [0.15, 0.2) is 42.7 Å². The predicted octanol–water partition coefficient (Wildman–Crippen LogP) is 1.66. The summed E-state index contributed by atoms with van der Waals surface area (Å²) in [5.41, 5.74) is 8.34. The Bertz CT molecular complexity index is 913. The van der Waals surface area contributed by atoms with Crippen molar-refractivity contribution in [1.82, 2.24) is 19.9 Å². The molecule has 3 aromatic rings. The molecule has 4 rings (SSSR count). The lowest BCUT2D eigenvalue weighted by molar-refractivity contribution is 0.100. The van der Waals surface area contributed by atoms with Gasteiger partial charge in [-0.3, -0.25) is 4.79 Å². The first-order chi connectivity index (χ1) is 12.2. The van der Waals surface area contributed by atoms with Crippen LogP contribution in [0.1, 0.15) is 23.2 Å². The molecule has 4 N–H and O–H groups in total. The molecule has 128 valence electrons. The molecule has 1 saturated heterocycles. The van der Waals surface area contributed by atoms with E-state index in [9.17, 15) is 4.79 Å². The van der Waals surface area contributed by atoms with Crippen molar-refractivity contribution in [3.8, 4) is 11.1 Å². The molecule has 1 aliphatic rings. The van der Waals surface area contributed by atoms with Crippen molar-refractivity contribution in [2.75, 3.05) is 18.4 Å². The number of fused-ring (bicyclic) bond motifs is 1. The van der Waals surface area contributed by atoms with Gasteiger partial charge in [0.15, 0.2) is 5.65 Å². The lowest BCUT2D eigenvalue weighted by atomic mass is 10.1. The standard InChI is InChI=1S/C18H20N6O/c19-17(25)13-4-1-3-12(9-13)15-11-21-24-8-6-16(23-18(15)24)22-14-5-2-7-20-10-14/h1,3-4,6,8-9,11,14,20H,2,5,7,10H2,(H2,19,25)(H,22,23). The molecule has 1 aliphatic heterocycles. The molecule has 1 aromatic carbocycles. The van der Waals surface area contributed by atoms with Gasteiger partial charge in [-0.05, 0) is 43.1 Å². The van der Waals surface area contributed by atoms with Crippen molar-refractivity contribution in [3.63, 3.8) is 0 Å². The van der Waals surface area contributed by atoms with E-state index >= 15 is 0 Å². The SMILES string of the molecule is NC(=O)c1cccc(-c2cnn3ccc(NC4CCCNC4)nc23)c1. The van der Waals surface area contributed by atoms with E-state index < -0.39 is 5.91 Å². The Morgan fingerprint density at radius 1 is 1.36 bits per heavy atom. The summed E-state index contributed by atoms with van der Waals surface area (Å²) in [6.07, 6.45) is 5.95. The summed E-state index contributed by atoms with van der Waals surface area (Å²) >= 11 is 0. The highest BCUT2D eigenvalue weighted by Crippen LogP contribution is 2.25. The van der Waals surface area contributed by atoms with Gasteiger partial charge < -0.3 is 16.4 Å². The van der Waals surface area contributed by atoms with E-state index in [2.05, 4.69) is 15.7 Å². The number of rotatable bonds is 4. The van der Waals surface area contributed by atoms with Crippen LogP contribution in [0, 0.1) is 0 Å². The minimum Gasteiger partial charge on any atom is -0.366 e. The Hall–Kier alpha value is -2.93. The minimum atomic E-state index is -0.446. The second-order valence-corrected chi connectivity index (χ2v) is 6.27. The van der Waals surface area contributed by atoms with E-state index in [1.807, 2.05) is 24.4 Å². The number of nitrogens with zero attached hydrogens (tertiary/aromatic N) is 3. The largest absolute Gasteiger partial charge is 0.366 e. The fraction of sp³-hybridized carbons (Fsp3) is 0.278. The number of anilines is 1. The molecule has 1 fully saturated rings. The number of hydrogen-bond acceptors (Lipinski definition) is 5. The highest BCUT2D eigenvalue weighted by atomic mass is 16.1. The third-order valence-electron chi connectivity index (χ3n) is 4.48. The molecule has 0 aliphatic carbocycles. The molecule has 0 spiro atoms. The van der Waals surface area contributed by atoms with Gasteiger partial charge >= 0.3 is 0 Å². The number of nitrogens with two attached hydrogens (primary N) is 1. The Balaban J connectivity index is 1.69. The monoisotopic (exact) mass is 336 g/mol. The summed E-state index contributed by atoms with van der Waals surface area (Å²) in [6, 6.07) is 9.52. The van der Waals surface area contributed by atoms with Crippen LogP contribution in [0.2, 0.25) is 0 Å². The third kappa shape index (κ3) is 3.18. The zero-order valence-electron chi connectivity index (χ0n) is 13.8. The summed E-state index contributed by atoms with van der Waals surface area (Å²) < 4.78 is 1.73. The average Bonchev–Trinajstić information content (AvgIpc) is 3.06. The zero-order valence-corrected chi connectivity index (χ0v) is 13.8.